The van der Waals surface area contributed by atoms with Gasteiger partial charge in [0.05, 0.1) is 0 Å². The lowest BCUT2D eigenvalue weighted by molar-refractivity contribution is -0.305. The second-order valence-corrected chi connectivity index (χ2v) is 6.99. The quantitative estimate of drug-likeness (QED) is 0.405. The molecule has 2 atom stereocenters. The third kappa shape index (κ3) is 10.8. The van der Waals surface area contributed by atoms with Crippen LogP contribution in [0.25, 0.3) is 0 Å². The third-order valence-electron chi connectivity index (χ3n) is 4.95. The molecule has 124 valence electrons. The van der Waals surface area contributed by atoms with Gasteiger partial charge in [-0.3, -0.25) is 0 Å². The van der Waals surface area contributed by atoms with Crippen LogP contribution < -0.4 is 5.11 Å². The Kier molecular flexibility index (Phi) is 10.6. The van der Waals surface area contributed by atoms with E-state index in [0.717, 1.165) is 24.7 Å². The summed E-state index contributed by atoms with van der Waals surface area (Å²) in [5.41, 5.74) is 0. The number of aliphatic carboxylic acids is 1. The fourth-order valence-corrected chi connectivity index (χ4v) is 3.41. The lowest BCUT2D eigenvalue weighted by Gasteiger charge is -2.03. The summed E-state index contributed by atoms with van der Waals surface area (Å²) in [5.74, 6) is 1.18. The number of rotatable bonds is 15. The van der Waals surface area contributed by atoms with E-state index in [2.05, 4.69) is 6.92 Å². The van der Waals surface area contributed by atoms with Crippen molar-refractivity contribution in [1.82, 2.24) is 0 Å². The summed E-state index contributed by atoms with van der Waals surface area (Å²) in [7, 11) is 0. The summed E-state index contributed by atoms with van der Waals surface area (Å²) in [6, 6.07) is 0. The molecular formula is C19H35O2-. The topological polar surface area (TPSA) is 40.1 Å². The van der Waals surface area contributed by atoms with Gasteiger partial charge in [0.2, 0.25) is 0 Å². The van der Waals surface area contributed by atoms with Gasteiger partial charge in [-0.15, -0.1) is 0 Å². The summed E-state index contributed by atoms with van der Waals surface area (Å²) in [6.07, 6.45) is 18.8. The van der Waals surface area contributed by atoms with Crippen LogP contribution in [0.1, 0.15) is 103 Å². The van der Waals surface area contributed by atoms with Crippen LogP contribution >= 0.6 is 0 Å². The summed E-state index contributed by atoms with van der Waals surface area (Å²) in [5, 5.41) is 10.3. The first-order valence-corrected chi connectivity index (χ1v) is 9.44. The molecule has 1 aliphatic rings. The molecule has 0 aromatic carbocycles. The molecule has 0 aromatic heterocycles. The minimum absolute atomic E-state index is 0.239. The van der Waals surface area contributed by atoms with Crippen molar-refractivity contribution >= 4 is 5.97 Å². The van der Waals surface area contributed by atoms with E-state index in [1.165, 1.54) is 77.0 Å². The highest BCUT2D eigenvalue weighted by Crippen LogP contribution is 2.45. The first-order chi connectivity index (χ1) is 10.2. The number of carbonyl (C=O) groups is 1. The molecule has 1 saturated carbocycles. The predicted octanol–water partition coefficient (Wildman–Crippen LogP) is 4.85. The molecule has 0 aromatic rings. The Morgan fingerprint density at radius 1 is 0.810 bits per heavy atom. The molecule has 0 spiro atoms. The van der Waals surface area contributed by atoms with Gasteiger partial charge in [-0.2, -0.15) is 0 Å². The van der Waals surface area contributed by atoms with Crippen LogP contribution in [0, 0.1) is 11.8 Å². The number of carboxylic acid groups (broad SMARTS) is 1. The molecule has 0 bridgehead atoms. The molecule has 0 amide bonds. The van der Waals surface area contributed by atoms with Gasteiger partial charge in [-0.05, 0) is 31.1 Å². The Labute approximate surface area is 131 Å². The largest absolute Gasteiger partial charge is 0.550 e. The van der Waals surface area contributed by atoms with Crippen molar-refractivity contribution in [1.29, 1.82) is 0 Å². The van der Waals surface area contributed by atoms with Gasteiger partial charge in [-0.25, -0.2) is 0 Å². The average molecular weight is 295 g/mol. The van der Waals surface area contributed by atoms with Gasteiger partial charge >= 0.3 is 0 Å². The second-order valence-electron chi connectivity index (χ2n) is 6.99. The predicted molar refractivity (Wildman–Crippen MR) is 86.9 cm³/mol. The fourth-order valence-electron chi connectivity index (χ4n) is 3.41. The molecule has 1 fully saturated rings. The van der Waals surface area contributed by atoms with Crippen molar-refractivity contribution in [2.24, 2.45) is 11.8 Å². The van der Waals surface area contributed by atoms with Crippen molar-refractivity contribution in [2.75, 3.05) is 0 Å². The average Bonchev–Trinajstić information content (AvgIpc) is 3.20. The Hall–Kier alpha value is -0.530. The van der Waals surface area contributed by atoms with Crippen LogP contribution in [0.5, 0.6) is 0 Å². The van der Waals surface area contributed by atoms with E-state index < -0.39 is 5.97 Å². The molecule has 1 rings (SSSR count). The van der Waals surface area contributed by atoms with Crippen LogP contribution in [0.3, 0.4) is 0 Å². The molecule has 0 saturated heterocycles. The lowest BCUT2D eigenvalue weighted by Crippen LogP contribution is -2.21. The minimum Gasteiger partial charge on any atom is -0.550 e. The van der Waals surface area contributed by atoms with Gasteiger partial charge in [0, 0.05) is 5.97 Å². The van der Waals surface area contributed by atoms with Crippen molar-refractivity contribution in [3.63, 3.8) is 0 Å². The van der Waals surface area contributed by atoms with E-state index >= 15 is 0 Å². The maximum absolute atomic E-state index is 10.3. The normalized spacial score (nSPS) is 20.6. The molecule has 0 aliphatic heterocycles. The van der Waals surface area contributed by atoms with E-state index in [-0.39, 0.29) is 6.42 Å². The highest BCUT2D eigenvalue weighted by molar-refractivity contribution is 5.63. The maximum atomic E-state index is 10.3. The molecular weight excluding hydrogens is 260 g/mol. The second kappa shape index (κ2) is 12.1. The highest BCUT2D eigenvalue weighted by atomic mass is 16.4. The van der Waals surface area contributed by atoms with Crippen LogP contribution in [-0.2, 0) is 4.79 Å². The van der Waals surface area contributed by atoms with Gasteiger partial charge < -0.3 is 9.90 Å². The van der Waals surface area contributed by atoms with Crippen molar-refractivity contribution in [3.05, 3.63) is 0 Å². The van der Waals surface area contributed by atoms with Crippen molar-refractivity contribution in [2.45, 2.75) is 103 Å². The highest BCUT2D eigenvalue weighted by Gasteiger charge is 2.34. The molecule has 2 heteroatoms. The smallest absolute Gasteiger partial charge is 0.0414 e. The van der Waals surface area contributed by atoms with Crippen molar-refractivity contribution < 1.29 is 9.90 Å². The molecule has 0 radical (unpaired) electrons. The van der Waals surface area contributed by atoms with E-state index in [9.17, 15) is 9.90 Å². The molecule has 0 heterocycles. The summed E-state index contributed by atoms with van der Waals surface area (Å²) in [6.45, 7) is 2.28. The molecule has 2 unspecified atom stereocenters. The Morgan fingerprint density at radius 3 is 1.81 bits per heavy atom. The summed E-state index contributed by atoms with van der Waals surface area (Å²) in [4.78, 5) is 10.3. The van der Waals surface area contributed by atoms with Gasteiger partial charge in [0.15, 0.2) is 0 Å². The number of carbonyl (C=O) groups excluding carboxylic acids is 1. The lowest BCUT2D eigenvalue weighted by atomic mass is 10.0. The molecule has 21 heavy (non-hydrogen) atoms. The monoisotopic (exact) mass is 295 g/mol. The van der Waals surface area contributed by atoms with Gasteiger partial charge in [0.1, 0.15) is 0 Å². The van der Waals surface area contributed by atoms with Gasteiger partial charge in [-0.1, -0.05) is 84.0 Å². The maximum Gasteiger partial charge on any atom is 0.0414 e. The summed E-state index contributed by atoms with van der Waals surface area (Å²) < 4.78 is 0. The number of hydrogen-bond acceptors (Lipinski definition) is 2. The fraction of sp³-hybridized carbons (Fsp3) is 0.947. The zero-order valence-electron chi connectivity index (χ0n) is 14.1. The van der Waals surface area contributed by atoms with E-state index in [1.54, 1.807) is 0 Å². The zero-order chi connectivity index (χ0) is 15.3. The Bertz CT molecular complexity index is 262. The van der Waals surface area contributed by atoms with E-state index in [4.69, 9.17) is 0 Å². The Morgan fingerprint density at radius 2 is 1.29 bits per heavy atom. The number of unbranched alkanes of at least 4 members (excludes halogenated alkanes) is 9. The Balaban J connectivity index is 1.77. The van der Waals surface area contributed by atoms with Crippen LogP contribution in [0.2, 0.25) is 0 Å². The van der Waals surface area contributed by atoms with Gasteiger partial charge in [0.25, 0.3) is 0 Å². The third-order valence-corrected chi connectivity index (χ3v) is 4.95. The minimum atomic E-state index is -0.898. The number of carboxylic acids is 1. The number of hydrogen-bond donors (Lipinski definition) is 0. The summed E-state index contributed by atoms with van der Waals surface area (Å²) >= 11 is 0. The van der Waals surface area contributed by atoms with Crippen molar-refractivity contribution in [3.8, 4) is 0 Å². The molecule has 2 nitrogen and oxygen atoms in total. The zero-order valence-corrected chi connectivity index (χ0v) is 14.1. The standard InChI is InChI=1S/C19H36O2/c1-2-3-4-5-7-10-13-17-16-18(17)14-11-8-6-9-12-15-19(20)21/h17-18H,2-16H2,1H3,(H,20,21)/p-1. The molecule has 1 aliphatic carbocycles. The van der Waals surface area contributed by atoms with Crippen LogP contribution in [0.15, 0.2) is 0 Å². The first kappa shape index (κ1) is 18.5. The first-order valence-electron chi connectivity index (χ1n) is 9.44. The molecule has 0 N–H and O–H groups in total. The van der Waals surface area contributed by atoms with Crippen LogP contribution in [-0.4, -0.2) is 5.97 Å². The SMILES string of the molecule is CCCCCCCCC1CC1CCCCCCCC(=O)[O-]. The van der Waals surface area contributed by atoms with E-state index in [1.807, 2.05) is 0 Å². The van der Waals surface area contributed by atoms with E-state index in [0.29, 0.717) is 0 Å². The van der Waals surface area contributed by atoms with Crippen LogP contribution in [0.4, 0.5) is 0 Å².